The summed E-state index contributed by atoms with van der Waals surface area (Å²) in [7, 11) is 4.70. The maximum atomic E-state index is 6.05. The molecule has 3 heterocycles. The average Bonchev–Trinajstić information content (AvgIpc) is 3.27. The Morgan fingerprint density at radius 1 is 0.719 bits per heavy atom. The van der Waals surface area contributed by atoms with E-state index in [1.807, 2.05) is 49.4 Å². The van der Waals surface area contributed by atoms with E-state index in [1.54, 1.807) is 33.5 Å². The van der Waals surface area contributed by atoms with E-state index >= 15 is 0 Å². The molecular formula is C25H21N3O4. The van der Waals surface area contributed by atoms with Crippen LogP contribution >= 0.6 is 0 Å². The van der Waals surface area contributed by atoms with Gasteiger partial charge in [-0.25, -0.2) is 15.0 Å². The molecule has 0 saturated heterocycles. The van der Waals surface area contributed by atoms with Gasteiger partial charge in [-0.15, -0.1) is 0 Å². The number of aryl methyl sites for hydroxylation is 1. The van der Waals surface area contributed by atoms with Gasteiger partial charge in [0.25, 0.3) is 0 Å². The smallest absolute Gasteiger partial charge is 0.249 e. The van der Waals surface area contributed by atoms with Gasteiger partial charge in [0, 0.05) is 16.5 Å². The minimum atomic E-state index is 0.394. The zero-order valence-corrected chi connectivity index (χ0v) is 18.2. The van der Waals surface area contributed by atoms with Gasteiger partial charge in [0.15, 0.2) is 17.0 Å². The first-order valence-electron chi connectivity index (χ1n) is 10.1. The standard InChI is InChI=1S/C25H21N3O4/c1-14-17-10-11-18(15-8-6-5-7-9-15)27-21(17)22-25(26-14)32-24(28-22)16-12-19(29-2)23(31-4)20(13-16)30-3/h5-13H,1-4H3. The summed E-state index contributed by atoms with van der Waals surface area (Å²) in [6.45, 7) is 1.94. The van der Waals surface area contributed by atoms with Gasteiger partial charge < -0.3 is 18.6 Å². The number of ether oxygens (including phenoxy) is 3. The SMILES string of the molecule is COc1cc(-c2nc3c(nc(C)c4ccc(-c5ccccc5)nc43)o2)cc(OC)c1OC. The molecule has 7 heteroatoms. The average molecular weight is 427 g/mol. The molecule has 0 amide bonds. The first kappa shape index (κ1) is 19.8. The molecule has 0 bridgehead atoms. The van der Waals surface area contributed by atoms with Crippen LogP contribution in [0.25, 0.3) is 44.8 Å². The Kier molecular flexibility index (Phi) is 4.86. The fraction of sp³-hybridized carbons (Fsp3) is 0.160. The van der Waals surface area contributed by atoms with Crippen molar-refractivity contribution in [3.05, 3.63) is 60.3 Å². The third-order valence-corrected chi connectivity index (χ3v) is 5.37. The molecule has 2 aromatic carbocycles. The zero-order chi connectivity index (χ0) is 22.2. The highest BCUT2D eigenvalue weighted by Crippen LogP contribution is 2.41. The number of nitrogens with zero attached hydrogens (tertiary/aromatic N) is 3. The highest BCUT2D eigenvalue weighted by Gasteiger charge is 2.20. The van der Waals surface area contributed by atoms with Crippen molar-refractivity contribution >= 4 is 22.1 Å². The quantitative estimate of drug-likeness (QED) is 0.369. The summed E-state index contributed by atoms with van der Waals surface area (Å²) >= 11 is 0. The molecule has 0 aliphatic carbocycles. The Hall–Kier alpha value is -4.13. The monoisotopic (exact) mass is 427 g/mol. The van der Waals surface area contributed by atoms with Crippen LogP contribution in [0, 0.1) is 6.92 Å². The van der Waals surface area contributed by atoms with E-state index in [0.29, 0.717) is 39.9 Å². The molecule has 3 aromatic heterocycles. The molecule has 0 aliphatic heterocycles. The van der Waals surface area contributed by atoms with Crippen molar-refractivity contribution in [1.82, 2.24) is 15.0 Å². The lowest BCUT2D eigenvalue weighted by molar-refractivity contribution is 0.324. The number of hydrogen-bond acceptors (Lipinski definition) is 7. The van der Waals surface area contributed by atoms with Crippen molar-refractivity contribution in [1.29, 1.82) is 0 Å². The molecule has 0 N–H and O–H groups in total. The van der Waals surface area contributed by atoms with Crippen molar-refractivity contribution in [3.8, 4) is 40.0 Å². The predicted octanol–water partition coefficient (Wildman–Crippen LogP) is 5.44. The first-order valence-corrected chi connectivity index (χ1v) is 10.1. The number of pyridine rings is 2. The molecule has 5 rings (SSSR count). The van der Waals surface area contributed by atoms with Gasteiger partial charge in [0.2, 0.25) is 17.4 Å². The number of methoxy groups -OCH3 is 3. The van der Waals surface area contributed by atoms with Gasteiger partial charge in [-0.2, -0.15) is 0 Å². The van der Waals surface area contributed by atoms with Crippen LogP contribution in [0.2, 0.25) is 0 Å². The fourth-order valence-electron chi connectivity index (χ4n) is 3.78. The Balaban J connectivity index is 1.73. The van der Waals surface area contributed by atoms with Crippen molar-refractivity contribution in [3.63, 3.8) is 0 Å². The Labute approximate surface area is 184 Å². The summed E-state index contributed by atoms with van der Waals surface area (Å²) in [6, 6.07) is 17.7. The van der Waals surface area contributed by atoms with Crippen LogP contribution in [0.5, 0.6) is 17.2 Å². The molecule has 5 aromatic rings. The van der Waals surface area contributed by atoms with E-state index in [1.165, 1.54) is 0 Å². The summed E-state index contributed by atoms with van der Waals surface area (Å²) in [5.74, 6) is 1.93. The lowest BCUT2D eigenvalue weighted by Crippen LogP contribution is -1.95. The number of aromatic nitrogens is 3. The first-order chi connectivity index (χ1) is 15.6. The molecule has 7 nitrogen and oxygen atoms in total. The van der Waals surface area contributed by atoms with Crippen LogP contribution in [0.1, 0.15) is 5.69 Å². The van der Waals surface area contributed by atoms with Crippen LogP contribution in [-0.4, -0.2) is 36.3 Å². The lowest BCUT2D eigenvalue weighted by atomic mass is 10.1. The van der Waals surface area contributed by atoms with Gasteiger partial charge in [0.05, 0.1) is 32.7 Å². The van der Waals surface area contributed by atoms with Gasteiger partial charge in [-0.05, 0) is 31.2 Å². The molecule has 0 aliphatic rings. The minimum Gasteiger partial charge on any atom is -0.493 e. The lowest BCUT2D eigenvalue weighted by Gasteiger charge is -2.12. The molecule has 0 unspecified atom stereocenters. The van der Waals surface area contributed by atoms with E-state index < -0.39 is 0 Å². The third-order valence-electron chi connectivity index (χ3n) is 5.37. The van der Waals surface area contributed by atoms with Crippen LogP contribution in [0.4, 0.5) is 0 Å². The molecule has 160 valence electrons. The van der Waals surface area contributed by atoms with E-state index in [-0.39, 0.29) is 0 Å². The largest absolute Gasteiger partial charge is 0.493 e. The van der Waals surface area contributed by atoms with Crippen molar-refractivity contribution in [2.75, 3.05) is 21.3 Å². The van der Waals surface area contributed by atoms with E-state index in [9.17, 15) is 0 Å². The summed E-state index contributed by atoms with van der Waals surface area (Å²) < 4.78 is 22.4. The minimum absolute atomic E-state index is 0.394. The summed E-state index contributed by atoms with van der Waals surface area (Å²) in [5.41, 5.74) is 5.18. The highest BCUT2D eigenvalue weighted by atomic mass is 16.5. The predicted molar refractivity (Wildman–Crippen MR) is 122 cm³/mol. The topological polar surface area (TPSA) is 79.5 Å². The van der Waals surface area contributed by atoms with E-state index in [0.717, 1.165) is 27.9 Å². The molecule has 0 fully saturated rings. The van der Waals surface area contributed by atoms with Crippen LogP contribution < -0.4 is 14.2 Å². The molecule has 32 heavy (non-hydrogen) atoms. The van der Waals surface area contributed by atoms with Crippen LogP contribution in [0.3, 0.4) is 0 Å². The number of fused-ring (bicyclic) bond motifs is 3. The molecule has 0 atom stereocenters. The molecular weight excluding hydrogens is 406 g/mol. The molecule has 0 saturated carbocycles. The maximum Gasteiger partial charge on any atom is 0.249 e. The van der Waals surface area contributed by atoms with Crippen LogP contribution in [-0.2, 0) is 0 Å². The van der Waals surface area contributed by atoms with Crippen molar-refractivity contribution < 1.29 is 18.6 Å². The van der Waals surface area contributed by atoms with E-state index in [2.05, 4.69) is 4.98 Å². The summed E-state index contributed by atoms with van der Waals surface area (Å²) in [6.07, 6.45) is 0. The molecule has 0 radical (unpaired) electrons. The summed E-state index contributed by atoms with van der Waals surface area (Å²) in [4.78, 5) is 14.3. The van der Waals surface area contributed by atoms with Gasteiger partial charge in [-0.1, -0.05) is 30.3 Å². The number of oxazole rings is 1. The van der Waals surface area contributed by atoms with Crippen LogP contribution in [0.15, 0.2) is 59.0 Å². The Morgan fingerprint density at radius 3 is 2.09 bits per heavy atom. The highest BCUT2D eigenvalue weighted by molar-refractivity contribution is 6.01. The summed E-state index contributed by atoms with van der Waals surface area (Å²) in [5, 5.41) is 0.932. The third kappa shape index (κ3) is 3.19. The number of benzene rings is 2. The second-order valence-electron chi connectivity index (χ2n) is 7.24. The second kappa shape index (κ2) is 7.85. The fourth-order valence-corrected chi connectivity index (χ4v) is 3.78. The van der Waals surface area contributed by atoms with Gasteiger partial charge in [0.1, 0.15) is 5.52 Å². The number of rotatable bonds is 5. The normalized spacial score (nSPS) is 11.1. The Bertz CT molecular complexity index is 1420. The maximum absolute atomic E-state index is 6.05. The second-order valence-corrected chi connectivity index (χ2v) is 7.24. The van der Waals surface area contributed by atoms with Gasteiger partial charge in [-0.3, -0.25) is 0 Å². The number of hydrogen-bond donors (Lipinski definition) is 0. The van der Waals surface area contributed by atoms with Crippen molar-refractivity contribution in [2.45, 2.75) is 6.92 Å². The zero-order valence-electron chi connectivity index (χ0n) is 18.2. The molecule has 0 spiro atoms. The van der Waals surface area contributed by atoms with E-state index in [4.69, 9.17) is 28.6 Å². The van der Waals surface area contributed by atoms with Crippen molar-refractivity contribution in [2.24, 2.45) is 0 Å². The van der Waals surface area contributed by atoms with Gasteiger partial charge >= 0.3 is 0 Å². The Morgan fingerprint density at radius 2 is 1.44 bits per heavy atom.